The number of hydroxylamine groups is 1. The summed E-state index contributed by atoms with van der Waals surface area (Å²) < 4.78 is 0. The van der Waals surface area contributed by atoms with Crippen LogP contribution in [0.3, 0.4) is 0 Å². The van der Waals surface area contributed by atoms with Crippen LogP contribution in [0, 0.1) is 0 Å². The second-order valence-corrected chi connectivity index (χ2v) is 2.98. The number of hydrogen-bond acceptors (Lipinski definition) is 3. The zero-order valence-corrected chi connectivity index (χ0v) is 7.36. The summed E-state index contributed by atoms with van der Waals surface area (Å²) in [6.07, 6.45) is 1.71. The van der Waals surface area contributed by atoms with Gasteiger partial charge < -0.3 is 9.94 Å². The van der Waals surface area contributed by atoms with Crippen molar-refractivity contribution < 1.29 is 14.7 Å². The van der Waals surface area contributed by atoms with Gasteiger partial charge in [0.15, 0.2) is 5.75 Å². The van der Waals surface area contributed by atoms with Crippen molar-refractivity contribution in [1.82, 2.24) is 5.48 Å². The van der Waals surface area contributed by atoms with Gasteiger partial charge in [0, 0.05) is 5.56 Å². The smallest absolute Gasteiger partial charge is 0.309 e. The highest BCUT2D eigenvalue weighted by Gasteiger charge is 2.12. The standard InChI is InChI=1S/C10H9NO3/c12-10(13)6-8-5-7-3-1-2-4-9(7)14-11-8/h1-5,11H,6H2,(H,12,13). The van der Waals surface area contributed by atoms with Gasteiger partial charge in [0.1, 0.15) is 0 Å². The molecule has 0 bridgehead atoms. The number of hydrogen-bond donors (Lipinski definition) is 2. The van der Waals surface area contributed by atoms with Crippen LogP contribution in [0.5, 0.6) is 5.75 Å². The molecule has 1 aliphatic rings. The molecule has 4 heteroatoms. The fourth-order valence-electron chi connectivity index (χ4n) is 1.28. The third-order valence-electron chi connectivity index (χ3n) is 1.88. The maximum absolute atomic E-state index is 10.4. The zero-order chi connectivity index (χ0) is 9.97. The van der Waals surface area contributed by atoms with Crippen molar-refractivity contribution in [3.8, 4) is 5.75 Å². The fourth-order valence-corrected chi connectivity index (χ4v) is 1.28. The summed E-state index contributed by atoms with van der Waals surface area (Å²) in [5, 5.41) is 8.58. The van der Waals surface area contributed by atoms with Gasteiger partial charge in [-0.2, -0.15) is 0 Å². The minimum absolute atomic E-state index is 0.0612. The Labute approximate surface area is 80.8 Å². The monoisotopic (exact) mass is 191 g/mol. The maximum atomic E-state index is 10.4. The highest BCUT2D eigenvalue weighted by atomic mass is 16.6. The van der Waals surface area contributed by atoms with E-state index in [-0.39, 0.29) is 6.42 Å². The van der Waals surface area contributed by atoms with Crippen molar-refractivity contribution in [2.45, 2.75) is 6.42 Å². The maximum Gasteiger partial charge on any atom is 0.309 e. The van der Waals surface area contributed by atoms with Gasteiger partial charge in [-0.3, -0.25) is 4.79 Å². The van der Waals surface area contributed by atoms with Crippen LogP contribution in [0.4, 0.5) is 0 Å². The van der Waals surface area contributed by atoms with Crippen molar-refractivity contribution in [2.24, 2.45) is 0 Å². The highest BCUT2D eigenvalue weighted by molar-refractivity contribution is 5.73. The molecule has 0 saturated heterocycles. The summed E-state index contributed by atoms with van der Waals surface area (Å²) in [4.78, 5) is 15.6. The number of aliphatic carboxylic acids is 1. The van der Waals surface area contributed by atoms with E-state index in [1.807, 2.05) is 24.3 Å². The lowest BCUT2D eigenvalue weighted by Crippen LogP contribution is -2.23. The molecule has 1 aromatic rings. The first-order valence-electron chi connectivity index (χ1n) is 4.20. The molecule has 0 fully saturated rings. The first-order chi connectivity index (χ1) is 6.75. The van der Waals surface area contributed by atoms with Gasteiger partial charge in [-0.25, -0.2) is 5.48 Å². The predicted molar refractivity (Wildman–Crippen MR) is 50.4 cm³/mol. The Morgan fingerprint density at radius 1 is 1.43 bits per heavy atom. The van der Waals surface area contributed by atoms with E-state index >= 15 is 0 Å². The second-order valence-electron chi connectivity index (χ2n) is 2.98. The normalized spacial score (nSPS) is 13.3. The van der Waals surface area contributed by atoms with E-state index in [4.69, 9.17) is 9.94 Å². The molecule has 72 valence electrons. The molecule has 0 unspecified atom stereocenters. The van der Waals surface area contributed by atoms with Crippen molar-refractivity contribution in [1.29, 1.82) is 0 Å². The molecular weight excluding hydrogens is 182 g/mol. The number of fused-ring (bicyclic) bond motifs is 1. The number of nitrogens with one attached hydrogen (secondary N) is 1. The van der Waals surface area contributed by atoms with Crippen LogP contribution in [0.1, 0.15) is 12.0 Å². The lowest BCUT2D eigenvalue weighted by molar-refractivity contribution is -0.136. The molecule has 1 aromatic carbocycles. The number of carboxylic acid groups (broad SMARTS) is 1. The molecule has 0 saturated carbocycles. The van der Waals surface area contributed by atoms with Gasteiger partial charge in [0.2, 0.25) is 0 Å². The van der Waals surface area contributed by atoms with E-state index in [1.165, 1.54) is 0 Å². The van der Waals surface area contributed by atoms with Crippen molar-refractivity contribution >= 4 is 12.0 Å². The molecule has 0 spiro atoms. The summed E-state index contributed by atoms with van der Waals surface area (Å²) in [6, 6.07) is 7.42. The molecule has 1 heterocycles. The molecule has 2 N–H and O–H groups in total. The fraction of sp³-hybridized carbons (Fsp3) is 0.100. The molecule has 4 nitrogen and oxygen atoms in total. The SMILES string of the molecule is O=C(O)CC1=Cc2ccccc2ON1. The minimum Gasteiger partial charge on any atom is -0.481 e. The van der Waals surface area contributed by atoms with E-state index in [2.05, 4.69) is 5.48 Å². The molecule has 2 rings (SSSR count). The summed E-state index contributed by atoms with van der Waals surface area (Å²) in [6.45, 7) is 0. The summed E-state index contributed by atoms with van der Waals surface area (Å²) in [7, 11) is 0. The molecule has 0 aromatic heterocycles. The summed E-state index contributed by atoms with van der Waals surface area (Å²) >= 11 is 0. The van der Waals surface area contributed by atoms with Crippen LogP contribution >= 0.6 is 0 Å². The van der Waals surface area contributed by atoms with Crippen LogP contribution < -0.4 is 10.3 Å². The van der Waals surface area contributed by atoms with E-state index < -0.39 is 5.97 Å². The largest absolute Gasteiger partial charge is 0.481 e. The van der Waals surface area contributed by atoms with Crippen LogP contribution in [0.15, 0.2) is 30.0 Å². The van der Waals surface area contributed by atoms with Gasteiger partial charge in [0.25, 0.3) is 0 Å². The van der Waals surface area contributed by atoms with Gasteiger partial charge in [-0.05, 0) is 12.1 Å². The molecule has 0 radical (unpaired) electrons. The molecule has 0 amide bonds. The van der Waals surface area contributed by atoms with E-state index in [0.29, 0.717) is 11.4 Å². The van der Waals surface area contributed by atoms with Crippen molar-refractivity contribution in [3.63, 3.8) is 0 Å². The third-order valence-corrected chi connectivity index (χ3v) is 1.88. The van der Waals surface area contributed by atoms with E-state index in [9.17, 15) is 4.79 Å². The number of para-hydroxylation sites is 1. The number of carboxylic acids is 1. The van der Waals surface area contributed by atoms with Crippen LogP contribution in [-0.2, 0) is 4.79 Å². The Bertz CT molecular complexity index is 398. The molecule has 1 aliphatic heterocycles. The quantitative estimate of drug-likeness (QED) is 0.741. The molecule has 0 atom stereocenters. The third kappa shape index (κ3) is 1.69. The average molecular weight is 191 g/mol. The van der Waals surface area contributed by atoms with Gasteiger partial charge >= 0.3 is 5.97 Å². The van der Waals surface area contributed by atoms with Gasteiger partial charge in [-0.1, -0.05) is 18.2 Å². The zero-order valence-electron chi connectivity index (χ0n) is 7.36. The molecule has 0 aliphatic carbocycles. The Hall–Kier alpha value is -1.97. The molecular formula is C10H9NO3. The van der Waals surface area contributed by atoms with Crippen LogP contribution in [-0.4, -0.2) is 11.1 Å². The van der Waals surface area contributed by atoms with Crippen LogP contribution in [0.25, 0.3) is 6.08 Å². The Morgan fingerprint density at radius 3 is 3.00 bits per heavy atom. The highest BCUT2D eigenvalue weighted by Crippen LogP contribution is 2.24. The molecule has 14 heavy (non-hydrogen) atoms. The van der Waals surface area contributed by atoms with E-state index in [0.717, 1.165) is 5.56 Å². The number of carbonyl (C=O) groups is 1. The van der Waals surface area contributed by atoms with Gasteiger partial charge in [0.05, 0.1) is 12.1 Å². The predicted octanol–water partition coefficient (Wildman–Crippen LogP) is 1.40. The van der Waals surface area contributed by atoms with E-state index in [1.54, 1.807) is 6.08 Å². The average Bonchev–Trinajstić information content (AvgIpc) is 2.17. The minimum atomic E-state index is -0.883. The van der Waals surface area contributed by atoms with Crippen molar-refractivity contribution in [3.05, 3.63) is 35.5 Å². The topological polar surface area (TPSA) is 58.6 Å². The lowest BCUT2D eigenvalue weighted by atomic mass is 10.1. The first kappa shape index (κ1) is 8.62. The van der Waals surface area contributed by atoms with Crippen LogP contribution in [0.2, 0.25) is 0 Å². The summed E-state index contributed by atoms with van der Waals surface area (Å²) in [5.41, 5.74) is 4.03. The summed E-state index contributed by atoms with van der Waals surface area (Å²) in [5.74, 6) is -0.173. The first-order valence-corrected chi connectivity index (χ1v) is 4.20. The Balaban J connectivity index is 2.26. The second kappa shape index (κ2) is 3.41. The van der Waals surface area contributed by atoms with Crippen molar-refractivity contribution in [2.75, 3.05) is 0 Å². The Morgan fingerprint density at radius 2 is 2.21 bits per heavy atom. The lowest BCUT2D eigenvalue weighted by Gasteiger charge is -2.17. The number of benzene rings is 1. The Kier molecular flexibility index (Phi) is 2.10. The van der Waals surface area contributed by atoms with Gasteiger partial charge in [-0.15, -0.1) is 0 Å². The number of rotatable bonds is 2.